The van der Waals surface area contributed by atoms with Gasteiger partial charge in [-0.1, -0.05) is 32.0 Å². The molecule has 0 bridgehead atoms. The number of nitrogens with one attached hydrogen (secondary N) is 1. The average molecular weight is 364 g/mol. The third-order valence-corrected chi connectivity index (χ3v) is 4.17. The zero-order chi connectivity index (χ0) is 18.9. The quantitative estimate of drug-likeness (QED) is 0.551. The van der Waals surface area contributed by atoms with Crippen molar-refractivity contribution in [2.75, 3.05) is 19.8 Å². The Morgan fingerprint density at radius 2 is 1.85 bits per heavy atom. The summed E-state index contributed by atoms with van der Waals surface area (Å²) >= 11 is 0. The lowest BCUT2D eigenvalue weighted by Crippen LogP contribution is -2.17. The summed E-state index contributed by atoms with van der Waals surface area (Å²) in [5, 5.41) is 8.34. The van der Waals surface area contributed by atoms with Crippen LogP contribution in [0.1, 0.15) is 25.8 Å². The van der Waals surface area contributed by atoms with Gasteiger partial charge in [-0.25, -0.2) is 4.68 Å². The van der Waals surface area contributed by atoms with Gasteiger partial charge in [-0.15, -0.1) is 0 Å². The highest BCUT2D eigenvalue weighted by Crippen LogP contribution is 2.23. The lowest BCUT2D eigenvalue weighted by atomic mass is 10.1. The maximum atomic E-state index is 5.64. The number of para-hydroxylation sites is 1. The van der Waals surface area contributed by atoms with Crippen LogP contribution in [0.3, 0.4) is 0 Å². The molecular formula is C22H28N4O. The largest absolute Gasteiger partial charge is 0.381 e. The van der Waals surface area contributed by atoms with E-state index in [1.807, 2.05) is 35.0 Å². The third kappa shape index (κ3) is 5.74. The molecule has 3 aromatic rings. The molecule has 0 saturated carbocycles. The van der Waals surface area contributed by atoms with Crippen LogP contribution in [0.25, 0.3) is 16.9 Å². The number of benzene rings is 1. The normalized spacial score (nSPS) is 11.2. The molecule has 0 fully saturated rings. The number of nitrogens with zero attached hydrogens (tertiary/aromatic N) is 3. The predicted molar refractivity (Wildman–Crippen MR) is 109 cm³/mol. The first kappa shape index (κ1) is 19.3. The Morgan fingerprint density at radius 3 is 2.59 bits per heavy atom. The molecule has 0 unspecified atom stereocenters. The zero-order valence-corrected chi connectivity index (χ0v) is 16.1. The second-order valence-corrected chi connectivity index (χ2v) is 7.02. The van der Waals surface area contributed by atoms with Gasteiger partial charge in [0.25, 0.3) is 0 Å². The first-order chi connectivity index (χ1) is 13.2. The molecule has 3 rings (SSSR count). The molecule has 0 spiro atoms. The van der Waals surface area contributed by atoms with E-state index in [0.29, 0.717) is 5.92 Å². The number of pyridine rings is 1. The molecule has 2 heterocycles. The smallest absolute Gasteiger partial charge is 0.0973 e. The summed E-state index contributed by atoms with van der Waals surface area (Å²) in [4.78, 5) is 4.12. The Labute approximate surface area is 161 Å². The van der Waals surface area contributed by atoms with Gasteiger partial charge in [-0.2, -0.15) is 5.10 Å². The number of aromatic nitrogens is 3. The van der Waals surface area contributed by atoms with Crippen molar-refractivity contribution in [2.45, 2.75) is 26.8 Å². The summed E-state index contributed by atoms with van der Waals surface area (Å²) in [7, 11) is 0. The SMILES string of the molecule is CC(C)COCCCNCc1cn(-c2ccccc2)nc1-c1ccncc1. The lowest BCUT2D eigenvalue weighted by Gasteiger charge is -2.08. The van der Waals surface area contributed by atoms with E-state index in [2.05, 4.69) is 42.5 Å². The van der Waals surface area contributed by atoms with Crippen molar-refractivity contribution in [1.29, 1.82) is 0 Å². The summed E-state index contributed by atoms with van der Waals surface area (Å²) in [6.45, 7) is 7.66. The third-order valence-electron chi connectivity index (χ3n) is 4.17. The Bertz CT molecular complexity index is 800. The van der Waals surface area contributed by atoms with E-state index in [0.717, 1.165) is 49.7 Å². The van der Waals surface area contributed by atoms with Crippen molar-refractivity contribution < 1.29 is 4.74 Å². The first-order valence-corrected chi connectivity index (χ1v) is 9.57. The fourth-order valence-electron chi connectivity index (χ4n) is 2.85. The molecule has 1 N–H and O–H groups in total. The molecule has 142 valence electrons. The molecule has 0 amide bonds. The molecule has 2 aromatic heterocycles. The molecule has 1 aromatic carbocycles. The Hall–Kier alpha value is -2.50. The maximum absolute atomic E-state index is 5.64. The van der Waals surface area contributed by atoms with Crippen molar-refractivity contribution in [3.05, 3.63) is 66.6 Å². The van der Waals surface area contributed by atoms with E-state index in [-0.39, 0.29) is 0 Å². The van der Waals surface area contributed by atoms with E-state index in [1.54, 1.807) is 12.4 Å². The van der Waals surface area contributed by atoms with Gasteiger partial charge in [0.2, 0.25) is 0 Å². The van der Waals surface area contributed by atoms with Gasteiger partial charge in [-0.3, -0.25) is 4.98 Å². The minimum absolute atomic E-state index is 0.588. The van der Waals surface area contributed by atoms with Crippen LogP contribution in [0.2, 0.25) is 0 Å². The fraction of sp³-hybridized carbons (Fsp3) is 0.364. The second kappa shape index (κ2) is 10.00. The van der Waals surface area contributed by atoms with E-state index >= 15 is 0 Å². The molecule has 0 radical (unpaired) electrons. The van der Waals surface area contributed by atoms with Gasteiger partial charge in [0.1, 0.15) is 0 Å². The van der Waals surface area contributed by atoms with Crippen LogP contribution in [0.4, 0.5) is 0 Å². The molecular weight excluding hydrogens is 336 g/mol. The van der Waals surface area contributed by atoms with Crippen molar-refractivity contribution in [2.24, 2.45) is 5.92 Å². The summed E-state index contributed by atoms with van der Waals surface area (Å²) in [6, 6.07) is 14.2. The number of rotatable bonds is 10. The zero-order valence-electron chi connectivity index (χ0n) is 16.1. The van der Waals surface area contributed by atoms with Crippen molar-refractivity contribution in [3.8, 4) is 16.9 Å². The highest BCUT2D eigenvalue weighted by atomic mass is 16.5. The van der Waals surface area contributed by atoms with E-state index in [4.69, 9.17) is 9.84 Å². The van der Waals surface area contributed by atoms with Crippen molar-refractivity contribution in [3.63, 3.8) is 0 Å². The molecule has 5 nitrogen and oxygen atoms in total. The number of hydrogen-bond acceptors (Lipinski definition) is 4. The van der Waals surface area contributed by atoms with E-state index in [9.17, 15) is 0 Å². The molecule has 27 heavy (non-hydrogen) atoms. The fourth-order valence-corrected chi connectivity index (χ4v) is 2.85. The van der Waals surface area contributed by atoms with Crippen molar-refractivity contribution >= 4 is 0 Å². The Kier molecular flexibility index (Phi) is 7.13. The van der Waals surface area contributed by atoms with Crippen LogP contribution in [0.15, 0.2) is 61.1 Å². The van der Waals surface area contributed by atoms with Crippen LogP contribution in [-0.2, 0) is 11.3 Å². The molecule has 0 aliphatic carbocycles. The summed E-state index contributed by atoms with van der Waals surface area (Å²) in [5.41, 5.74) is 4.30. The summed E-state index contributed by atoms with van der Waals surface area (Å²) in [5.74, 6) is 0.588. The van der Waals surface area contributed by atoms with Gasteiger partial charge in [0.15, 0.2) is 0 Å². The monoisotopic (exact) mass is 364 g/mol. The van der Waals surface area contributed by atoms with E-state index < -0.39 is 0 Å². The summed E-state index contributed by atoms with van der Waals surface area (Å²) in [6.07, 6.45) is 6.72. The topological polar surface area (TPSA) is 52.0 Å². The van der Waals surface area contributed by atoms with Gasteiger partial charge in [-0.05, 0) is 43.1 Å². The molecule has 5 heteroatoms. The van der Waals surface area contributed by atoms with Crippen LogP contribution >= 0.6 is 0 Å². The average Bonchev–Trinajstić information content (AvgIpc) is 3.12. The van der Waals surface area contributed by atoms with Crippen LogP contribution in [0, 0.1) is 5.92 Å². The predicted octanol–water partition coefficient (Wildman–Crippen LogP) is 4.09. The van der Waals surface area contributed by atoms with Gasteiger partial charge < -0.3 is 10.1 Å². The first-order valence-electron chi connectivity index (χ1n) is 9.57. The van der Waals surface area contributed by atoms with Crippen LogP contribution in [0.5, 0.6) is 0 Å². The second-order valence-electron chi connectivity index (χ2n) is 7.02. The molecule has 0 aliphatic heterocycles. The molecule has 0 atom stereocenters. The van der Waals surface area contributed by atoms with Gasteiger partial charge in [0.05, 0.1) is 11.4 Å². The molecule has 0 saturated heterocycles. The highest BCUT2D eigenvalue weighted by Gasteiger charge is 2.12. The number of ether oxygens (including phenoxy) is 1. The van der Waals surface area contributed by atoms with E-state index in [1.165, 1.54) is 5.56 Å². The highest BCUT2D eigenvalue weighted by molar-refractivity contribution is 5.62. The van der Waals surface area contributed by atoms with Crippen molar-refractivity contribution in [1.82, 2.24) is 20.1 Å². The number of hydrogen-bond donors (Lipinski definition) is 1. The Morgan fingerprint density at radius 1 is 1.07 bits per heavy atom. The van der Waals surface area contributed by atoms with Crippen LogP contribution in [-0.4, -0.2) is 34.5 Å². The maximum Gasteiger partial charge on any atom is 0.0973 e. The van der Waals surface area contributed by atoms with Gasteiger partial charge >= 0.3 is 0 Å². The Balaban J connectivity index is 1.65. The summed E-state index contributed by atoms with van der Waals surface area (Å²) < 4.78 is 7.58. The minimum atomic E-state index is 0.588. The van der Waals surface area contributed by atoms with Crippen LogP contribution < -0.4 is 5.32 Å². The standard InChI is InChI=1S/C22H28N4O/c1-18(2)17-27-14-6-11-24-15-20-16-26(21-7-4-3-5-8-21)25-22(20)19-9-12-23-13-10-19/h3-5,7-10,12-13,16,18,24H,6,11,14-15,17H2,1-2H3. The molecule has 0 aliphatic rings. The van der Waals surface area contributed by atoms with Gasteiger partial charge in [0, 0.05) is 49.5 Å². The minimum Gasteiger partial charge on any atom is -0.381 e. The lowest BCUT2D eigenvalue weighted by molar-refractivity contribution is 0.108.